The summed E-state index contributed by atoms with van der Waals surface area (Å²) in [6.45, 7) is 1.82. The van der Waals surface area contributed by atoms with Gasteiger partial charge in [0.1, 0.15) is 6.61 Å². The first-order valence-electron chi connectivity index (χ1n) is 11.1. The Hall–Kier alpha value is -3.08. The van der Waals surface area contributed by atoms with Gasteiger partial charge in [-0.25, -0.2) is 4.79 Å². The van der Waals surface area contributed by atoms with E-state index >= 15 is 0 Å². The summed E-state index contributed by atoms with van der Waals surface area (Å²) >= 11 is 4.25. The quantitative estimate of drug-likeness (QED) is 0.223. The molecule has 2 aromatic carbocycles. The molecule has 2 aromatic rings. The summed E-state index contributed by atoms with van der Waals surface area (Å²) in [6.07, 6.45) is 0.0249. The lowest BCUT2D eigenvalue weighted by molar-refractivity contribution is 0.0937. The van der Waals surface area contributed by atoms with Crippen molar-refractivity contribution in [3.05, 3.63) is 58.7 Å². The van der Waals surface area contributed by atoms with Gasteiger partial charge in [0.15, 0.2) is 0 Å². The highest BCUT2D eigenvalue weighted by Gasteiger charge is 2.31. The van der Waals surface area contributed by atoms with Crippen molar-refractivity contribution in [2.75, 3.05) is 32.9 Å². The molecule has 0 fully saturated rings. The molecule has 9 nitrogen and oxygen atoms in total. The minimum absolute atomic E-state index is 0.000526. The lowest BCUT2D eigenvalue weighted by Gasteiger charge is -2.17. The average Bonchev–Trinajstić information content (AvgIpc) is 3.16. The number of fused-ring (bicyclic) bond motifs is 3. The van der Waals surface area contributed by atoms with E-state index in [9.17, 15) is 14.4 Å². The van der Waals surface area contributed by atoms with Crippen LogP contribution in [0.4, 0.5) is 4.79 Å². The highest BCUT2D eigenvalue weighted by atomic mass is 32.1. The monoisotopic (exact) mass is 487 g/mol. The number of alkyl carbamates (subject to hydrolysis) is 1. The fourth-order valence-corrected chi connectivity index (χ4v) is 3.91. The molecule has 3 amide bonds. The normalized spacial score (nSPS) is 12.9. The van der Waals surface area contributed by atoms with Crippen LogP contribution in [0.25, 0.3) is 11.1 Å². The van der Waals surface area contributed by atoms with Crippen LogP contribution in [0.1, 0.15) is 51.1 Å². The molecule has 3 rings (SSSR count). The number of nitrogens with one attached hydrogen (secondary N) is 3. The molecule has 0 aromatic heterocycles. The number of hydrogen-bond acceptors (Lipinski definition) is 7. The average molecular weight is 488 g/mol. The third-order valence-electron chi connectivity index (χ3n) is 5.52. The van der Waals surface area contributed by atoms with Crippen molar-refractivity contribution < 1.29 is 29.3 Å². The largest absolute Gasteiger partial charge is 0.449 e. The summed E-state index contributed by atoms with van der Waals surface area (Å²) < 4.78 is 5.48. The summed E-state index contributed by atoms with van der Waals surface area (Å²) in [4.78, 5) is 37.1. The first kappa shape index (κ1) is 25.5. The Morgan fingerprint density at radius 3 is 1.88 bits per heavy atom. The first-order chi connectivity index (χ1) is 16.4. The molecule has 0 heterocycles. The van der Waals surface area contributed by atoms with Gasteiger partial charge in [0, 0.05) is 30.1 Å². The highest BCUT2D eigenvalue weighted by Crippen LogP contribution is 2.45. The number of carbonyl (C=O) groups excluding carboxylic acids is 3. The molecule has 1 atom stereocenters. The molecule has 5 N–H and O–H groups in total. The summed E-state index contributed by atoms with van der Waals surface area (Å²) in [5, 5.41) is 25.5. The molecule has 0 aliphatic heterocycles. The summed E-state index contributed by atoms with van der Waals surface area (Å²) in [5.41, 5.74) is 4.18. The Labute approximate surface area is 203 Å². The van der Waals surface area contributed by atoms with Gasteiger partial charge in [0.05, 0.1) is 18.6 Å². The number of amides is 3. The minimum Gasteiger partial charge on any atom is -0.449 e. The van der Waals surface area contributed by atoms with E-state index in [0.717, 1.165) is 22.3 Å². The first-order valence-corrected chi connectivity index (χ1v) is 11.6. The Morgan fingerprint density at radius 1 is 0.941 bits per heavy atom. The number of carbonyl (C=O) groups is 3. The standard InChI is InChI=1S/C24H29N3O6S/c1-2-21(34)27-24(32)33-13-20-18-11-14(22(30)25-7-9-28)3-5-16(18)17-6-4-15(12-19(17)20)23(31)26-8-10-29/h3-6,11-12,20-21,28-29,34H,2,7-10,13H2,1H3,(H,25,30)(H,26,31)(H,27,32). The minimum atomic E-state index is -0.606. The molecule has 1 unspecified atom stereocenters. The predicted octanol–water partition coefficient (Wildman–Crippen LogP) is 1.64. The second kappa shape index (κ2) is 11.9. The third kappa shape index (κ3) is 5.88. The van der Waals surface area contributed by atoms with Crippen LogP contribution in [0, 0.1) is 0 Å². The SMILES string of the molecule is CCC(S)NC(=O)OCC1c2cc(C(=O)NCCO)ccc2-c2ccc(C(=O)NCCO)cc21. The van der Waals surface area contributed by atoms with Crippen LogP contribution in [-0.2, 0) is 4.74 Å². The topological polar surface area (TPSA) is 137 Å². The van der Waals surface area contributed by atoms with Gasteiger partial charge in [-0.05, 0) is 52.9 Å². The van der Waals surface area contributed by atoms with Crippen LogP contribution in [-0.4, -0.2) is 66.4 Å². The van der Waals surface area contributed by atoms with Gasteiger partial charge in [-0.3, -0.25) is 9.59 Å². The van der Waals surface area contributed by atoms with Crippen LogP contribution in [0.2, 0.25) is 0 Å². The lowest BCUT2D eigenvalue weighted by Crippen LogP contribution is -2.32. The van der Waals surface area contributed by atoms with Gasteiger partial charge in [-0.2, -0.15) is 12.6 Å². The van der Waals surface area contributed by atoms with E-state index in [4.69, 9.17) is 14.9 Å². The van der Waals surface area contributed by atoms with E-state index in [1.165, 1.54) is 0 Å². The molecule has 0 saturated heterocycles. The number of hydrogen-bond donors (Lipinski definition) is 6. The van der Waals surface area contributed by atoms with Gasteiger partial charge in [-0.15, -0.1) is 0 Å². The summed E-state index contributed by atoms with van der Waals surface area (Å²) in [5.74, 6) is -1.04. The molecule has 0 radical (unpaired) electrons. The molecule has 0 saturated carbocycles. The number of rotatable bonds is 10. The maximum atomic E-state index is 12.4. The maximum absolute atomic E-state index is 12.4. The summed E-state index contributed by atoms with van der Waals surface area (Å²) in [7, 11) is 0. The van der Waals surface area contributed by atoms with E-state index in [-0.39, 0.29) is 50.1 Å². The van der Waals surface area contributed by atoms with Crippen LogP contribution < -0.4 is 16.0 Å². The fraction of sp³-hybridized carbons (Fsp3) is 0.375. The molecule has 0 bridgehead atoms. The number of benzene rings is 2. The lowest BCUT2D eigenvalue weighted by atomic mass is 9.95. The van der Waals surface area contributed by atoms with Gasteiger partial charge >= 0.3 is 6.09 Å². The van der Waals surface area contributed by atoms with Crippen molar-refractivity contribution in [2.24, 2.45) is 0 Å². The van der Waals surface area contributed by atoms with Gasteiger partial charge in [0.2, 0.25) is 0 Å². The van der Waals surface area contributed by atoms with Crippen molar-refractivity contribution in [3.8, 4) is 11.1 Å². The van der Waals surface area contributed by atoms with Crippen molar-refractivity contribution >= 4 is 30.5 Å². The zero-order valence-corrected chi connectivity index (χ0v) is 19.7. The second-order valence-corrected chi connectivity index (χ2v) is 8.41. The molecule has 1 aliphatic carbocycles. The Morgan fingerprint density at radius 2 is 1.44 bits per heavy atom. The number of ether oxygens (including phenoxy) is 1. The van der Waals surface area contributed by atoms with E-state index < -0.39 is 12.0 Å². The smallest absolute Gasteiger partial charge is 0.408 e. The fourth-order valence-electron chi connectivity index (χ4n) is 3.80. The van der Waals surface area contributed by atoms with Crippen LogP contribution >= 0.6 is 12.6 Å². The Balaban J connectivity index is 1.93. The zero-order chi connectivity index (χ0) is 24.7. The number of thiol groups is 1. The predicted molar refractivity (Wildman–Crippen MR) is 130 cm³/mol. The van der Waals surface area contributed by atoms with Crippen LogP contribution in [0.15, 0.2) is 36.4 Å². The van der Waals surface area contributed by atoms with Gasteiger partial charge in [0.25, 0.3) is 11.8 Å². The van der Waals surface area contributed by atoms with Crippen LogP contribution in [0.5, 0.6) is 0 Å². The van der Waals surface area contributed by atoms with Crippen LogP contribution in [0.3, 0.4) is 0 Å². The van der Waals surface area contributed by atoms with E-state index in [2.05, 4.69) is 28.6 Å². The van der Waals surface area contributed by atoms with E-state index in [1.807, 2.05) is 19.1 Å². The zero-order valence-electron chi connectivity index (χ0n) is 18.8. The second-order valence-electron chi connectivity index (χ2n) is 7.78. The van der Waals surface area contributed by atoms with Crippen molar-refractivity contribution in [1.29, 1.82) is 0 Å². The molecule has 0 spiro atoms. The van der Waals surface area contributed by atoms with Crippen molar-refractivity contribution in [3.63, 3.8) is 0 Å². The Bertz CT molecular complexity index is 991. The third-order valence-corrected chi connectivity index (χ3v) is 6.01. The van der Waals surface area contributed by atoms with Crippen molar-refractivity contribution in [2.45, 2.75) is 24.6 Å². The molecule has 1 aliphatic rings. The number of aliphatic hydroxyl groups excluding tert-OH is 2. The molecular weight excluding hydrogens is 458 g/mol. The molecular formula is C24H29N3O6S. The van der Waals surface area contributed by atoms with Gasteiger partial charge in [-0.1, -0.05) is 19.1 Å². The van der Waals surface area contributed by atoms with Crippen molar-refractivity contribution in [1.82, 2.24) is 16.0 Å². The number of aliphatic hydroxyl groups is 2. The molecule has 34 heavy (non-hydrogen) atoms. The Kier molecular flexibility index (Phi) is 8.91. The summed E-state index contributed by atoms with van der Waals surface area (Å²) in [6, 6.07) is 10.5. The maximum Gasteiger partial charge on any atom is 0.408 e. The van der Waals surface area contributed by atoms with E-state index in [0.29, 0.717) is 17.5 Å². The van der Waals surface area contributed by atoms with E-state index in [1.54, 1.807) is 24.3 Å². The van der Waals surface area contributed by atoms with Gasteiger partial charge < -0.3 is 30.9 Å². The highest BCUT2D eigenvalue weighted by molar-refractivity contribution is 7.80. The molecule has 182 valence electrons. The molecule has 10 heteroatoms.